The Hall–Kier alpha value is -2.25. The number of nitrogens with zero attached hydrogens (tertiary/aromatic N) is 1. The molecule has 1 atom stereocenters. The number of methoxy groups -OCH3 is 1. The van der Waals surface area contributed by atoms with Crippen LogP contribution in [-0.4, -0.2) is 33.3 Å². The van der Waals surface area contributed by atoms with Crippen molar-refractivity contribution in [2.45, 2.75) is 37.4 Å². The van der Waals surface area contributed by atoms with Gasteiger partial charge in [-0.2, -0.15) is 0 Å². The molecular weight excluding hydrogens is 354 g/mol. The van der Waals surface area contributed by atoms with Crippen molar-refractivity contribution in [2.75, 3.05) is 18.0 Å². The van der Waals surface area contributed by atoms with Crippen LogP contribution in [0.15, 0.2) is 47.4 Å². The second kappa shape index (κ2) is 7.17. The van der Waals surface area contributed by atoms with Crippen LogP contribution in [0.4, 0.5) is 5.69 Å². The quantitative estimate of drug-likeness (QED) is 0.866. The molecule has 3 rings (SSSR count). The van der Waals surface area contributed by atoms with Crippen LogP contribution < -0.4 is 13.8 Å². The van der Waals surface area contributed by atoms with E-state index in [4.69, 9.17) is 9.47 Å². The number of benzene rings is 2. The summed E-state index contributed by atoms with van der Waals surface area (Å²) in [4.78, 5) is 0.187. The lowest BCUT2D eigenvalue weighted by molar-refractivity contribution is 0.166. The Morgan fingerprint density at radius 2 is 1.77 bits per heavy atom. The summed E-state index contributed by atoms with van der Waals surface area (Å²) >= 11 is 0. The molecule has 1 aliphatic rings. The van der Waals surface area contributed by atoms with Crippen LogP contribution in [-0.2, 0) is 10.0 Å². The summed E-state index contributed by atoms with van der Waals surface area (Å²) in [5, 5.41) is 10.3. The zero-order valence-electron chi connectivity index (χ0n) is 15.0. The molecule has 26 heavy (non-hydrogen) atoms. The molecule has 0 amide bonds. The van der Waals surface area contributed by atoms with Crippen LogP contribution in [0.1, 0.15) is 31.9 Å². The van der Waals surface area contributed by atoms with E-state index in [1.54, 1.807) is 42.5 Å². The first-order valence-corrected chi connectivity index (χ1v) is 9.92. The fourth-order valence-electron chi connectivity index (χ4n) is 3.01. The number of aliphatic hydroxyl groups excluding tert-OH is 1. The summed E-state index contributed by atoms with van der Waals surface area (Å²) in [6, 6.07) is 11.4. The number of ether oxygens (including phenoxy) is 2. The second-order valence-electron chi connectivity index (χ2n) is 6.44. The molecule has 6 nitrogen and oxygen atoms in total. The summed E-state index contributed by atoms with van der Waals surface area (Å²) in [7, 11) is -2.20. The van der Waals surface area contributed by atoms with E-state index in [9.17, 15) is 13.5 Å². The SMILES string of the molecule is COc1ccc2c(c1)C(O)CCN2S(=O)(=O)c1ccc(OC(C)C)cc1. The van der Waals surface area contributed by atoms with Crippen LogP contribution in [0.25, 0.3) is 0 Å². The van der Waals surface area contributed by atoms with Gasteiger partial charge in [-0.15, -0.1) is 0 Å². The summed E-state index contributed by atoms with van der Waals surface area (Å²) in [6.07, 6.45) is -0.371. The lowest BCUT2D eigenvalue weighted by Crippen LogP contribution is -2.36. The monoisotopic (exact) mass is 377 g/mol. The van der Waals surface area contributed by atoms with Crippen molar-refractivity contribution in [1.82, 2.24) is 0 Å². The number of fused-ring (bicyclic) bond motifs is 1. The van der Waals surface area contributed by atoms with E-state index in [0.717, 1.165) is 0 Å². The van der Waals surface area contributed by atoms with Gasteiger partial charge in [-0.1, -0.05) is 0 Å². The van der Waals surface area contributed by atoms with E-state index in [1.807, 2.05) is 13.8 Å². The Balaban J connectivity index is 1.97. The molecule has 1 unspecified atom stereocenters. The lowest BCUT2D eigenvalue weighted by atomic mass is 10.0. The van der Waals surface area contributed by atoms with Crippen molar-refractivity contribution < 1.29 is 23.0 Å². The fraction of sp³-hybridized carbons (Fsp3) is 0.368. The molecule has 0 saturated heterocycles. The van der Waals surface area contributed by atoms with Crippen LogP contribution in [0.2, 0.25) is 0 Å². The van der Waals surface area contributed by atoms with Gasteiger partial charge < -0.3 is 14.6 Å². The van der Waals surface area contributed by atoms with E-state index in [2.05, 4.69) is 0 Å². The second-order valence-corrected chi connectivity index (χ2v) is 8.31. The topological polar surface area (TPSA) is 76.1 Å². The van der Waals surface area contributed by atoms with Crippen molar-refractivity contribution in [3.8, 4) is 11.5 Å². The van der Waals surface area contributed by atoms with Gasteiger partial charge in [-0.25, -0.2) is 8.42 Å². The molecule has 0 aromatic heterocycles. The standard InChI is InChI=1S/C19H23NO5S/c1-13(2)25-14-4-7-16(8-5-14)26(22,23)20-11-10-19(21)17-12-15(24-3)6-9-18(17)20/h4-9,12-13,19,21H,10-11H2,1-3H3. The van der Waals surface area contributed by atoms with Gasteiger partial charge in [0.2, 0.25) is 0 Å². The van der Waals surface area contributed by atoms with Crippen LogP contribution >= 0.6 is 0 Å². The van der Waals surface area contributed by atoms with E-state index in [0.29, 0.717) is 29.2 Å². The molecule has 1 N–H and O–H groups in total. The summed E-state index contributed by atoms with van der Waals surface area (Å²) in [5.41, 5.74) is 1.03. The highest BCUT2D eigenvalue weighted by Gasteiger charge is 2.32. The van der Waals surface area contributed by atoms with Gasteiger partial charge in [0.05, 0.1) is 29.9 Å². The molecule has 0 saturated carbocycles. The predicted molar refractivity (Wildman–Crippen MR) is 99.3 cm³/mol. The van der Waals surface area contributed by atoms with Gasteiger partial charge in [0, 0.05) is 12.1 Å². The Morgan fingerprint density at radius 3 is 2.38 bits per heavy atom. The van der Waals surface area contributed by atoms with Crippen LogP contribution in [0.3, 0.4) is 0 Å². The van der Waals surface area contributed by atoms with E-state index in [1.165, 1.54) is 11.4 Å². The molecule has 1 heterocycles. The predicted octanol–water partition coefficient (Wildman–Crippen LogP) is 3.11. The zero-order valence-corrected chi connectivity index (χ0v) is 15.9. The first-order chi connectivity index (χ1) is 12.3. The minimum absolute atomic E-state index is 0.0166. The molecule has 2 aromatic carbocycles. The average molecular weight is 377 g/mol. The normalized spacial score (nSPS) is 17.1. The Labute approximate surface area is 154 Å². The van der Waals surface area contributed by atoms with Crippen LogP contribution in [0.5, 0.6) is 11.5 Å². The fourth-order valence-corrected chi connectivity index (χ4v) is 4.51. The molecule has 0 aliphatic carbocycles. The molecular formula is C19H23NO5S. The molecule has 0 spiro atoms. The summed E-state index contributed by atoms with van der Waals surface area (Å²) < 4.78 is 38.3. The number of hydrogen-bond acceptors (Lipinski definition) is 5. The van der Waals surface area contributed by atoms with Gasteiger partial charge in [0.25, 0.3) is 10.0 Å². The van der Waals surface area contributed by atoms with Gasteiger partial charge >= 0.3 is 0 Å². The summed E-state index contributed by atoms with van der Waals surface area (Å²) in [5.74, 6) is 1.20. The third kappa shape index (κ3) is 3.50. The van der Waals surface area contributed by atoms with Crippen molar-refractivity contribution in [3.05, 3.63) is 48.0 Å². The Bertz CT molecular complexity index is 877. The number of aliphatic hydroxyl groups is 1. The minimum Gasteiger partial charge on any atom is -0.497 e. The zero-order chi connectivity index (χ0) is 18.9. The number of anilines is 1. The molecule has 0 bridgehead atoms. The van der Waals surface area contributed by atoms with E-state index >= 15 is 0 Å². The largest absolute Gasteiger partial charge is 0.497 e. The number of sulfonamides is 1. The molecule has 1 aliphatic heterocycles. The molecule has 2 aromatic rings. The highest BCUT2D eigenvalue weighted by molar-refractivity contribution is 7.92. The van der Waals surface area contributed by atoms with Crippen LogP contribution in [0, 0.1) is 0 Å². The van der Waals surface area contributed by atoms with E-state index in [-0.39, 0.29) is 17.5 Å². The summed E-state index contributed by atoms with van der Waals surface area (Å²) in [6.45, 7) is 4.04. The molecule has 140 valence electrons. The van der Waals surface area contributed by atoms with Crippen molar-refractivity contribution >= 4 is 15.7 Å². The van der Waals surface area contributed by atoms with Crippen molar-refractivity contribution in [3.63, 3.8) is 0 Å². The van der Waals surface area contributed by atoms with Crippen molar-refractivity contribution in [2.24, 2.45) is 0 Å². The molecule has 7 heteroatoms. The lowest BCUT2D eigenvalue weighted by Gasteiger charge is -2.33. The minimum atomic E-state index is -3.74. The third-order valence-electron chi connectivity index (χ3n) is 4.25. The van der Waals surface area contributed by atoms with Gasteiger partial charge in [-0.3, -0.25) is 4.31 Å². The van der Waals surface area contributed by atoms with Gasteiger partial charge in [0.1, 0.15) is 11.5 Å². The highest BCUT2D eigenvalue weighted by atomic mass is 32.2. The average Bonchev–Trinajstić information content (AvgIpc) is 2.61. The Kier molecular flexibility index (Phi) is 5.11. The number of hydrogen-bond donors (Lipinski definition) is 1. The van der Waals surface area contributed by atoms with Gasteiger partial charge in [-0.05, 0) is 62.7 Å². The highest BCUT2D eigenvalue weighted by Crippen LogP contribution is 2.39. The van der Waals surface area contributed by atoms with Crippen molar-refractivity contribution in [1.29, 1.82) is 0 Å². The van der Waals surface area contributed by atoms with Gasteiger partial charge in [0.15, 0.2) is 0 Å². The number of rotatable bonds is 5. The maximum Gasteiger partial charge on any atom is 0.264 e. The molecule has 0 radical (unpaired) electrons. The molecule has 0 fully saturated rings. The Morgan fingerprint density at radius 1 is 1.12 bits per heavy atom. The first kappa shape index (κ1) is 18.5. The third-order valence-corrected chi connectivity index (χ3v) is 6.08. The first-order valence-electron chi connectivity index (χ1n) is 8.48. The smallest absolute Gasteiger partial charge is 0.264 e. The maximum atomic E-state index is 13.1. The van der Waals surface area contributed by atoms with E-state index < -0.39 is 16.1 Å². The maximum absolute atomic E-state index is 13.1.